The van der Waals surface area contributed by atoms with Crippen molar-refractivity contribution < 1.29 is 13.2 Å². The lowest BCUT2D eigenvalue weighted by Gasteiger charge is -2.30. The number of carbonyl (C=O) groups excluding carboxylic acids is 1. The third-order valence-corrected chi connectivity index (χ3v) is 5.62. The molecule has 0 bridgehead atoms. The van der Waals surface area contributed by atoms with Crippen molar-refractivity contribution in [1.82, 2.24) is 0 Å². The maximum atomic E-state index is 12.2. The number of para-hydroxylation sites is 1. The lowest BCUT2D eigenvalue weighted by atomic mass is 10.1. The zero-order chi connectivity index (χ0) is 14.9. The molecular weight excluding hydrogens is 298 g/mol. The molecule has 1 aliphatic heterocycles. The van der Waals surface area contributed by atoms with E-state index in [2.05, 4.69) is 0 Å². The summed E-state index contributed by atoms with van der Waals surface area (Å²) in [6.07, 6.45) is 0.471. The summed E-state index contributed by atoms with van der Waals surface area (Å²) in [7, 11) is -3.05. The fourth-order valence-electron chi connectivity index (χ4n) is 2.74. The summed E-state index contributed by atoms with van der Waals surface area (Å²) in [5.74, 6) is -0.242. The maximum absolute atomic E-state index is 12.2. The molecule has 1 fully saturated rings. The van der Waals surface area contributed by atoms with Gasteiger partial charge in [-0.25, -0.2) is 8.42 Å². The number of anilines is 1. The minimum atomic E-state index is -3.05. The number of aryl methyl sites for hydroxylation is 2. The first kappa shape index (κ1) is 15.3. The van der Waals surface area contributed by atoms with Crippen LogP contribution in [0.3, 0.4) is 0 Å². The predicted octanol–water partition coefficient (Wildman–Crippen LogP) is 2.06. The first-order valence-corrected chi connectivity index (χ1v) is 8.86. The van der Waals surface area contributed by atoms with Gasteiger partial charge in [0.05, 0.1) is 17.5 Å². The zero-order valence-electron chi connectivity index (χ0n) is 11.6. The van der Waals surface area contributed by atoms with Crippen molar-refractivity contribution in [3.8, 4) is 0 Å². The zero-order valence-corrected chi connectivity index (χ0v) is 13.2. The van der Waals surface area contributed by atoms with Crippen LogP contribution in [0, 0.1) is 13.8 Å². The fourth-order valence-corrected chi connectivity index (χ4v) is 4.57. The maximum Gasteiger partial charge on any atom is 0.242 e. The lowest BCUT2D eigenvalue weighted by molar-refractivity contribution is -0.116. The summed E-state index contributed by atoms with van der Waals surface area (Å²) in [6, 6.07) is 5.44. The van der Waals surface area contributed by atoms with Crippen LogP contribution in [0.25, 0.3) is 0 Å². The summed E-state index contributed by atoms with van der Waals surface area (Å²) >= 11 is 5.71. The van der Waals surface area contributed by atoms with Crippen LogP contribution in [0.2, 0.25) is 0 Å². The normalized spacial score (nSPS) is 20.9. The number of sulfone groups is 1. The van der Waals surface area contributed by atoms with Crippen molar-refractivity contribution >= 4 is 33.0 Å². The number of amides is 1. The van der Waals surface area contributed by atoms with Gasteiger partial charge < -0.3 is 4.90 Å². The number of hydrogen-bond acceptors (Lipinski definition) is 3. The molecule has 2 rings (SSSR count). The predicted molar refractivity (Wildman–Crippen MR) is 81.2 cm³/mol. The monoisotopic (exact) mass is 315 g/mol. The van der Waals surface area contributed by atoms with E-state index in [-0.39, 0.29) is 29.3 Å². The molecule has 1 unspecified atom stereocenters. The molecule has 1 aromatic rings. The highest BCUT2D eigenvalue weighted by atomic mass is 35.5. The van der Waals surface area contributed by atoms with Gasteiger partial charge in [0.2, 0.25) is 5.91 Å². The molecule has 1 aromatic carbocycles. The quantitative estimate of drug-likeness (QED) is 0.802. The molecule has 0 saturated carbocycles. The molecule has 0 radical (unpaired) electrons. The highest BCUT2D eigenvalue weighted by Gasteiger charge is 2.36. The minimum absolute atomic E-state index is 0.0173. The van der Waals surface area contributed by atoms with E-state index < -0.39 is 9.84 Å². The van der Waals surface area contributed by atoms with E-state index >= 15 is 0 Å². The number of rotatable bonds is 3. The molecule has 1 aliphatic rings. The van der Waals surface area contributed by atoms with Gasteiger partial charge in [0.1, 0.15) is 5.88 Å². The fraction of sp³-hybridized carbons (Fsp3) is 0.500. The summed E-state index contributed by atoms with van der Waals surface area (Å²) in [4.78, 5) is 13.8. The van der Waals surface area contributed by atoms with Gasteiger partial charge in [-0.1, -0.05) is 18.2 Å². The number of halogens is 1. The van der Waals surface area contributed by atoms with E-state index in [4.69, 9.17) is 11.6 Å². The summed E-state index contributed by atoms with van der Waals surface area (Å²) in [6.45, 7) is 3.83. The van der Waals surface area contributed by atoms with Crippen molar-refractivity contribution in [2.45, 2.75) is 26.3 Å². The van der Waals surface area contributed by atoms with Gasteiger partial charge in [-0.05, 0) is 31.4 Å². The van der Waals surface area contributed by atoms with Crippen LogP contribution < -0.4 is 4.90 Å². The van der Waals surface area contributed by atoms with E-state index in [1.165, 1.54) is 0 Å². The Hall–Kier alpha value is -1.07. The molecule has 0 N–H and O–H groups in total. The van der Waals surface area contributed by atoms with E-state index in [1.807, 2.05) is 32.0 Å². The second-order valence-electron chi connectivity index (χ2n) is 5.19. The molecule has 1 heterocycles. The number of alkyl halides is 1. The second-order valence-corrected chi connectivity index (χ2v) is 7.69. The van der Waals surface area contributed by atoms with Crippen LogP contribution in [-0.2, 0) is 14.6 Å². The van der Waals surface area contributed by atoms with Crippen molar-refractivity contribution in [2.75, 3.05) is 22.3 Å². The summed E-state index contributed by atoms with van der Waals surface area (Å²) in [5.41, 5.74) is 2.70. The van der Waals surface area contributed by atoms with Crippen LogP contribution in [0.15, 0.2) is 18.2 Å². The highest BCUT2D eigenvalue weighted by Crippen LogP contribution is 2.30. The van der Waals surface area contributed by atoms with Crippen LogP contribution in [0.1, 0.15) is 17.5 Å². The Morgan fingerprint density at radius 2 is 1.95 bits per heavy atom. The molecule has 1 amide bonds. The molecule has 1 saturated heterocycles. The number of hydrogen-bond donors (Lipinski definition) is 0. The second kappa shape index (κ2) is 5.74. The van der Waals surface area contributed by atoms with Gasteiger partial charge in [0.25, 0.3) is 0 Å². The summed E-state index contributed by atoms with van der Waals surface area (Å²) < 4.78 is 23.4. The Kier molecular flexibility index (Phi) is 4.39. The van der Waals surface area contributed by atoms with Gasteiger partial charge in [0.15, 0.2) is 9.84 Å². The topological polar surface area (TPSA) is 54.5 Å². The third kappa shape index (κ3) is 2.99. The molecule has 110 valence electrons. The van der Waals surface area contributed by atoms with Crippen LogP contribution >= 0.6 is 11.6 Å². The number of benzene rings is 1. The Balaban J connectivity index is 2.46. The smallest absolute Gasteiger partial charge is 0.242 e. The molecule has 6 heteroatoms. The molecule has 0 aliphatic carbocycles. The molecule has 0 spiro atoms. The van der Waals surface area contributed by atoms with Gasteiger partial charge in [-0.3, -0.25) is 4.79 Å². The molecular formula is C14H18ClNO3S. The lowest BCUT2D eigenvalue weighted by Crippen LogP contribution is -2.43. The standard InChI is InChI=1S/C14H18ClNO3S/c1-10-4-3-5-11(2)14(10)16(13(17)8-15)12-6-7-20(18,19)9-12/h3-5,12H,6-9H2,1-2H3. The van der Waals surface area contributed by atoms with Gasteiger partial charge in [-0.15, -0.1) is 11.6 Å². The van der Waals surface area contributed by atoms with Crippen molar-refractivity contribution in [3.63, 3.8) is 0 Å². The van der Waals surface area contributed by atoms with E-state index in [0.29, 0.717) is 6.42 Å². The molecule has 0 aromatic heterocycles. The largest absolute Gasteiger partial charge is 0.307 e. The van der Waals surface area contributed by atoms with Gasteiger partial charge in [0, 0.05) is 5.69 Å². The van der Waals surface area contributed by atoms with Gasteiger partial charge in [-0.2, -0.15) is 0 Å². The number of nitrogens with zero attached hydrogens (tertiary/aromatic N) is 1. The highest BCUT2D eigenvalue weighted by molar-refractivity contribution is 7.91. The SMILES string of the molecule is Cc1cccc(C)c1N(C(=O)CCl)C1CCS(=O)(=O)C1. The third-order valence-electron chi connectivity index (χ3n) is 3.64. The average molecular weight is 316 g/mol. The van der Waals surface area contributed by atoms with Crippen molar-refractivity contribution in [1.29, 1.82) is 0 Å². The van der Waals surface area contributed by atoms with E-state index in [1.54, 1.807) is 4.90 Å². The van der Waals surface area contributed by atoms with E-state index in [0.717, 1.165) is 16.8 Å². The van der Waals surface area contributed by atoms with Crippen molar-refractivity contribution in [3.05, 3.63) is 29.3 Å². The van der Waals surface area contributed by atoms with Gasteiger partial charge >= 0.3 is 0 Å². The van der Waals surface area contributed by atoms with Crippen LogP contribution in [0.5, 0.6) is 0 Å². The Morgan fingerprint density at radius 1 is 1.35 bits per heavy atom. The first-order valence-electron chi connectivity index (χ1n) is 6.50. The molecule has 4 nitrogen and oxygen atoms in total. The molecule has 20 heavy (non-hydrogen) atoms. The Morgan fingerprint density at radius 3 is 2.40 bits per heavy atom. The number of carbonyl (C=O) groups is 1. The van der Waals surface area contributed by atoms with Crippen LogP contribution in [-0.4, -0.2) is 37.8 Å². The summed E-state index contributed by atoms with van der Waals surface area (Å²) in [5, 5.41) is 0. The molecule has 1 atom stereocenters. The van der Waals surface area contributed by atoms with E-state index in [9.17, 15) is 13.2 Å². The average Bonchev–Trinajstić information content (AvgIpc) is 2.73. The van der Waals surface area contributed by atoms with Crippen LogP contribution in [0.4, 0.5) is 5.69 Å². The minimum Gasteiger partial charge on any atom is -0.307 e. The Bertz CT molecular complexity index is 607. The Labute approximate surface area is 124 Å². The first-order chi connectivity index (χ1) is 9.35. The van der Waals surface area contributed by atoms with Crippen molar-refractivity contribution in [2.24, 2.45) is 0 Å².